The highest BCUT2D eigenvalue weighted by Gasteiger charge is 2.39. The molecule has 4 rings (SSSR count). The fraction of sp³-hybridized carbons (Fsp3) is 0.478. The molecule has 0 bridgehead atoms. The van der Waals surface area contributed by atoms with Crippen molar-refractivity contribution in [2.75, 3.05) is 5.32 Å². The van der Waals surface area contributed by atoms with Crippen LogP contribution in [0.5, 0.6) is 0 Å². The number of carbonyl (C=O) groups excluding carboxylic acids is 2. The summed E-state index contributed by atoms with van der Waals surface area (Å²) in [6.45, 7) is 0.640. The fourth-order valence-corrected chi connectivity index (χ4v) is 4.31. The Kier molecular flexibility index (Phi) is 6.24. The second kappa shape index (κ2) is 9.09. The number of amides is 2. The van der Waals surface area contributed by atoms with Gasteiger partial charge in [-0.25, -0.2) is 4.39 Å². The number of halogens is 1. The minimum Gasteiger partial charge on any atom is -0.365 e. The smallest absolute Gasteiger partial charge is 0.254 e. The van der Waals surface area contributed by atoms with Crippen molar-refractivity contribution in [3.63, 3.8) is 0 Å². The van der Waals surface area contributed by atoms with Crippen molar-refractivity contribution in [2.24, 2.45) is 11.7 Å². The van der Waals surface area contributed by atoms with Gasteiger partial charge in [-0.15, -0.1) is 0 Å². The van der Waals surface area contributed by atoms with E-state index in [1.54, 1.807) is 23.0 Å². The third kappa shape index (κ3) is 4.81. The summed E-state index contributed by atoms with van der Waals surface area (Å²) in [5, 5.41) is 20.2. The highest BCUT2D eigenvalue weighted by molar-refractivity contribution is 6.02. The highest BCUT2D eigenvalue weighted by Crippen LogP contribution is 2.39. The van der Waals surface area contributed by atoms with Gasteiger partial charge in [0.1, 0.15) is 11.4 Å². The minimum atomic E-state index is -0.663. The third-order valence-corrected chi connectivity index (χ3v) is 6.49. The van der Waals surface area contributed by atoms with E-state index >= 15 is 0 Å². The van der Waals surface area contributed by atoms with Crippen LogP contribution in [-0.4, -0.2) is 27.6 Å². The molecular weight excluding hydrogens is 411 g/mol. The van der Waals surface area contributed by atoms with Crippen LogP contribution in [0.25, 0.3) is 0 Å². The van der Waals surface area contributed by atoms with Gasteiger partial charge in [0.15, 0.2) is 5.82 Å². The van der Waals surface area contributed by atoms with Crippen LogP contribution in [0.1, 0.15) is 60.9 Å². The summed E-state index contributed by atoms with van der Waals surface area (Å²) >= 11 is 0. The summed E-state index contributed by atoms with van der Waals surface area (Å²) in [6, 6.07) is 8.94. The summed E-state index contributed by atoms with van der Waals surface area (Å²) in [5.41, 5.74) is 6.14. The Hall–Kier alpha value is -3.25. The Bertz CT molecular complexity index is 1030. The monoisotopic (exact) mass is 438 g/mol. The minimum absolute atomic E-state index is 0.0310. The molecule has 32 heavy (non-hydrogen) atoms. The Morgan fingerprint density at radius 3 is 2.50 bits per heavy atom. The van der Waals surface area contributed by atoms with Gasteiger partial charge in [-0.3, -0.25) is 14.3 Å². The second-order valence-corrected chi connectivity index (χ2v) is 8.80. The van der Waals surface area contributed by atoms with Crippen molar-refractivity contribution < 1.29 is 14.0 Å². The molecule has 168 valence electrons. The van der Waals surface area contributed by atoms with Gasteiger partial charge >= 0.3 is 0 Å². The van der Waals surface area contributed by atoms with Crippen molar-refractivity contribution in [1.29, 1.82) is 5.26 Å². The molecule has 8 nitrogen and oxygen atoms in total. The molecule has 1 heterocycles. The maximum absolute atomic E-state index is 13.1. The molecule has 1 aromatic carbocycles. The number of nitrogens with one attached hydrogen (secondary N) is 2. The molecule has 0 aliphatic heterocycles. The Labute approximate surface area is 186 Å². The van der Waals surface area contributed by atoms with Gasteiger partial charge in [-0.1, -0.05) is 12.1 Å². The summed E-state index contributed by atoms with van der Waals surface area (Å²) in [4.78, 5) is 24.2. The summed E-state index contributed by atoms with van der Waals surface area (Å²) in [7, 11) is 0. The normalized spacial score (nSPS) is 22.8. The molecule has 0 radical (unpaired) electrons. The van der Waals surface area contributed by atoms with E-state index in [0.29, 0.717) is 19.4 Å². The van der Waals surface area contributed by atoms with E-state index in [-0.39, 0.29) is 41.5 Å². The lowest BCUT2D eigenvalue weighted by atomic mass is 9.77. The SMILES string of the molecule is N#CCC1(n2cc(C(N)=O)c(NC(=O)C3CC3)n2)CCC(NCc2ccc(F)cc2)CC1. The zero-order valence-electron chi connectivity index (χ0n) is 17.8. The molecule has 0 spiro atoms. The molecule has 2 aliphatic carbocycles. The second-order valence-electron chi connectivity index (χ2n) is 8.80. The standard InChI is InChI=1S/C23H27FN6O2/c24-17-5-1-15(2-6-17)13-27-18-7-9-23(10-8-18,11-12-25)30-14-19(20(26)31)21(29-30)28-22(32)16-3-4-16/h1-2,5-6,14,16,18,27H,3-4,7-11,13H2,(H2,26,31)(H,28,29,32). The van der Waals surface area contributed by atoms with Crippen LogP contribution in [0.4, 0.5) is 10.2 Å². The summed E-state index contributed by atoms with van der Waals surface area (Å²) in [5.74, 6) is -0.931. The molecule has 4 N–H and O–H groups in total. The van der Waals surface area contributed by atoms with E-state index in [1.807, 2.05) is 0 Å². The topological polar surface area (TPSA) is 126 Å². The Morgan fingerprint density at radius 2 is 1.91 bits per heavy atom. The van der Waals surface area contributed by atoms with Crippen LogP contribution in [0, 0.1) is 23.1 Å². The van der Waals surface area contributed by atoms with Gasteiger partial charge in [-0.05, 0) is 56.2 Å². The van der Waals surface area contributed by atoms with Gasteiger partial charge in [-0.2, -0.15) is 10.4 Å². The molecule has 0 saturated heterocycles. The summed E-state index contributed by atoms with van der Waals surface area (Å²) < 4.78 is 14.7. The lowest BCUT2D eigenvalue weighted by Crippen LogP contribution is -2.43. The van der Waals surface area contributed by atoms with Crippen molar-refractivity contribution in [1.82, 2.24) is 15.1 Å². The van der Waals surface area contributed by atoms with Gasteiger partial charge < -0.3 is 16.4 Å². The first-order valence-electron chi connectivity index (χ1n) is 11.0. The lowest BCUT2D eigenvalue weighted by Gasteiger charge is -2.39. The molecule has 2 saturated carbocycles. The van der Waals surface area contributed by atoms with E-state index in [1.165, 1.54) is 12.1 Å². The molecule has 0 atom stereocenters. The quantitative estimate of drug-likeness (QED) is 0.584. The van der Waals surface area contributed by atoms with E-state index in [4.69, 9.17) is 5.73 Å². The molecule has 1 aromatic heterocycles. The van der Waals surface area contributed by atoms with Crippen molar-refractivity contribution in [2.45, 2.75) is 63.1 Å². The van der Waals surface area contributed by atoms with E-state index in [2.05, 4.69) is 21.8 Å². The zero-order chi connectivity index (χ0) is 22.7. The molecule has 0 unspecified atom stereocenters. The van der Waals surface area contributed by atoms with Crippen LogP contribution in [-0.2, 0) is 16.9 Å². The Morgan fingerprint density at radius 1 is 1.22 bits per heavy atom. The van der Waals surface area contributed by atoms with E-state index in [0.717, 1.165) is 31.2 Å². The van der Waals surface area contributed by atoms with Gasteiger partial charge in [0, 0.05) is 24.7 Å². The zero-order valence-corrected chi connectivity index (χ0v) is 17.8. The molecule has 2 fully saturated rings. The van der Waals surface area contributed by atoms with E-state index < -0.39 is 11.4 Å². The van der Waals surface area contributed by atoms with Crippen LogP contribution in [0.2, 0.25) is 0 Å². The number of anilines is 1. The number of carbonyl (C=O) groups is 2. The average Bonchev–Trinajstić information content (AvgIpc) is 3.54. The van der Waals surface area contributed by atoms with Gasteiger partial charge in [0.25, 0.3) is 5.91 Å². The number of nitrogens with zero attached hydrogens (tertiary/aromatic N) is 3. The van der Waals surface area contributed by atoms with Crippen LogP contribution >= 0.6 is 0 Å². The maximum Gasteiger partial charge on any atom is 0.254 e. The fourth-order valence-electron chi connectivity index (χ4n) is 4.31. The first-order valence-corrected chi connectivity index (χ1v) is 11.0. The van der Waals surface area contributed by atoms with Crippen LogP contribution in [0.15, 0.2) is 30.5 Å². The van der Waals surface area contributed by atoms with Crippen molar-refractivity contribution >= 4 is 17.6 Å². The number of rotatable bonds is 8. The van der Waals surface area contributed by atoms with Crippen LogP contribution < -0.4 is 16.4 Å². The average molecular weight is 439 g/mol. The predicted molar refractivity (Wildman–Crippen MR) is 116 cm³/mol. The lowest BCUT2D eigenvalue weighted by molar-refractivity contribution is -0.117. The molecular formula is C23H27FN6O2. The first kappa shape index (κ1) is 22.0. The molecule has 2 amide bonds. The first-order chi connectivity index (χ1) is 15.4. The molecule has 9 heteroatoms. The number of benzene rings is 1. The number of hydrogen-bond donors (Lipinski definition) is 3. The highest BCUT2D eigenvalue weighted by atomic mass is 19.1. The Balaban J connectivity index is 1.46. The summed E-state index contributed by atoms with van der Waals surface area (Å²) in [6.07, 6.45) is 6.50. The number of nitriles is 1. The van der Waals surface area contributed by atoms with Gasteiger partial charge in [0.2, 0.25) is 5.91 Å². The maximum atomic E-state index is 13.1. The predicted octanol–water partition coefficient (Wildman–Crippen LogP) is 2.81. The molecule has 2 aromatic rings. The molecule has 2 aliphatic rings. The largest absolute Gasteiger partial charge is 0.365 e. The number of aromatic nitrogens is 2. The number of hydrogen-bond acceptors (Lipinski definition) is 5. The van der Waals surface area contributed by atoms with Gasteiger partial charge in [0.05, 0.1) is 18.0 Å². The van der Waals surface area contributed by atoms with Crippen LogP contribution in [0.3, 0.4) is 0 Å². The number of nitrogens with two attached hydrogens (primary N) is 1. The number of primary amides is 1. The van der Waals surface area contributed by atoms with E-state index in [9.17, 15) is 19.2 Å². The third-order valence-electron chi connectivity index (χ3n) is 6.49. The van der Waals surface area contributed by atoms with Crippen molar-refractivity contribution in [3.8, 4) is 6.07 Å². The van der Waals surface area contributed by atoms with Crippen molar-refractivity contribution in [3.05, 3.63) is 47.4 Å².